The summed E-state index contributed by atoms with van der Waals surface area (Å²) in [6, 6.07) is 0. The first-order valence-corrected chi connectivity index (χ1v) is 9.43. The first kappa shape index (κ1) is 16.1. The lowest BCUT2D eigenvalue weighted by molar-refractivity contribution is -0.182. The van der Waals surface area contributed by atoms with E-state index in [9.17, 15) is 9.59 Å². The minimum atomic E-state index is -1.07. The molecule has 0 N–H and O–H groups in total. The monoisotopic (exact) mass is 328 g/mol. The van der Waals surface area contributed by atoms with Gasteiger partial charge in [-0.1, -0.05) is 25.5 Å². The molecule has 4 rings (SSSR count). The van der Waals surface area contributed by atoms with Crippen LogP contribution in [0, 0.1) is 39.9 Å². The van der Waals surface area contributed by atoms with Crippen LogP contribution in [0.2, 0.25) is 0 Å². The molecule has 4 aliphatic carbocycles. The van der Waals surface area contributed by atoms with E-state index in [1.54, 1.807) is 0 Å². The molecule has 4 fully saturated rings. The summed E-state index contributed by atoms with van der Waals surface area (Å²) in [5.41, 5.74) is -1.96. The van der Waals surface area contributed by atoms with Crippen LogP contribution in [0.1, 0.15) is 46.0 Å². The molecule has 0 saturated heterocycles. The van der Waals surface area contributed by atoms with Crippen LogP contribution < -0.4 is 0 Å². The van der Waals surface area contributed by atoms with Crippen LogP contribution in [0.4, 0.5) is 0 Å². The number of fused-ring (bicyclic) bond motifs is 2. The third-order valence-corrected chi connectivity index (χ3v) is 8.29. The molecule has 7 atom stereocenters. The van der Waals surface area contributed by atoms with E-state index in [1.807, 2.05) is 19.1 Å². The standard InChI is InChI=1S/C21H28O3/c1-5-19-12-15-13(4)8-9-16(15)20(6-2)11-14(19)10-17(22)21(19,20)18(23)24-7-3/h5-6,13-16H,1-2,7-12H2,3-4H3/t13-,14?,15-,16-,19?,20?,21?/m1/s1. The zero-order valence-electron chi connectivity index (χ0n) is 14.8. The molecule has 0 aromatic carbocycles. The minimum Gasteiger partial charge on any atom is -0.465 e. The van der Waals surface area contributed by atoms with Gasteiger partial charge in [0.15, 0.2) is 5.78 Å². The number of allylic oxidation sites excluding steroid dienone is 2. The normalized spacial score (nSPS) is 51.3. The maximum Gasteiger partial charge on any atom is 0.321 e. The van der Waals surface area contributed by atoms with Crippen molar-refractivity contribution in [2.45, 2.75) is 46.0 Å². The predicted octanol–water partition coefficient (Wildman–Crippen LogP) is 3.94. The molecule has 130 valence electrons. The highest BCUT2D eigenvalue weighted by atomic mass is 16.5. The highest BCUT2D eigenvalue weighted by Crippen LogP contribution is 2.82. The van der Waals surface area contributed by atoms with Crippen molar-refractivity contribution in [1.29, 1.82) is 0 Å². The van der Waals surface area contributed by atoms with Crippen LogP contribution in [0.5, 0.6) is 0 Å². The van der Waals surface area contributed by atoms with E-state index in [-0.39, 0.29) is 17.7 Å². The smallest absolute Gasteiger partial charge is 0.321 e. The zero-order valence-corrected chi connectivity index (χ0v) is 14.8. The minimum absolute atomic E-state index is 0.0787. The van der Waals surface area contributed by atoms with Crippen LogP contribution in [0.25, 0.3) is 0 Å². The molecule has 4 aliphatic rings. The van der Waals surface area contributed by atoms with Gasteiger partial charge in [-0.2, -0.15) is 0 Å². The lowest BCUT2D eigenvalue weighted by atomic mass is 9.44. The van der Waals surface area contributed by atoms with E-state index >= 15 is 0 Å². The molecule has 0 heterocycles. The fourth-order valence-corrected chi connectivity index (χ4v) is 7.55. The van der Waals surface area contributed by atoms with Crippen molar-refractivity contribution in [2.75, 3.05) is 6.61 Å². The molecule has 0 aliphatic heterocycles. The van der Waals surface area contributed by atoms with Crippen molar-refractivity contribution in [3.8, 4) is 0 Å². The van der Waals surface area contributed by atoms with Gasteiger partial charge in [-0.3, -0.25) is 9.59 Å². The van der Waals surface area contributed by atoms with Gasteiger partial charge < -0.3 is 4.74 Å². The van der Waals surface area contributed by atoms with E-state index in [4.69, 9.17) is 4.74 Å². The second-order valence-corrected chi connectivity index (χ2v) is 8.52. The van der Waals surface area contributed by atoms with Gasteiger partial charge in [0.2, 0.25) is 0 Å². The third kappa shape index (κ3) is 1.35. The lowest BCUT2D eigenvalue weighted by Gasteiger charge is -2.56. The molecule has 0 spiro atoms. The van der Waals surface area contributed by atoms with E-state index in [0.29, 0.717) is 30.8 Å². The molecule has 4 saturated carbocycles. The van der Waals surface area contributed by atoms with E-state index in [2.05, 4.69) is 20.1 Å². The molecular formula is C21H28O3. The molecule has 0 aromatic rings. The highest BCUT2D eigenvalue weighted by molar-refractivity contribution is 6.10. The van der Waals surface area contributed by atoms with Crippen molar-refractivity contribution in [3.63, 3.8) is 0 Å². The predicted molar refractivity (Wildman–Crippen MR) is 92.1 cm³/mol. The van der Waals surface area contributed by atoms with Crippen molar-refractivity contribution in [2.24, 2.45) is 39.9 Å². The van der Waals surface area contributed by atoms with Gasteiger partial charge in [-0.15, -0.1) is 13.2 Å². The maximum absolute atomic E-state index is 13.3. The number of rotatable bonds is 4. The summed E-state index contributed by atoms with van der Waals surface area (Å²) in [7, 11) is 0. The van der Waals surface area contributed by atoms with Crippen LogP contribution in [0.15, 0.2) is 25.3 Å². The fraction of sp³-hybridized carbons (Fsp3) is 0.714. The number of hydrogen-bond donors (Lipinski definition) is 0. The Bertz CT molecular complexity index is 637. The summed E-state index contributed by atoms with van der Waals surface area (Å²) in [6.07, 6.45) is 8.48. The Morgan fingerprint density at radius 2 is 1.96 bits per heavy atom. The van der Waals surface area contributed by atoms with Crippen LogP contribution >= 0.6 is 0 Å². The van der Waals surface area contributed by atoms with Crippen LogP contribution in [0.3, 0.4) is 0 Å². The number of carbonyl (C=O) groups is 2. The van der Waals surface area contributed by atoms with Gasteiger partial charge in [0.05, 0.1) is 6.61 Å². The van der Waals surface area contributed by atoms with Crippen molar-refractivity contribution in [3.05, 3.63) is 25.3 Å². The molecule has 0 amide bonds. The quantitative estimate of drug-likeness (QED) is 0.446. The first-order valence-electron chi connectivity index (χ1n) is 9.43. The van der Waals surface area contributed by atoms with E-state index < -0.39 is 16.2 Å². The first-order chi connectivity index (χ1) is 11.4. The Morgan fingerprint density at radius 3 is 2.58 bits per heavy atom. The summed E-state index contributed by atoms with van der Waals surface area (Å²) < 4.78 is 5.53. The number of Topliss-reactive ketones (excluding diaryl/α,β-unsaturated/α-hetero) is 1. The molecular weight excluding hydrogens is 300 g/mol. The molecule has 0 aromatic heterocycles. The average Bonchev–Trinajstić information content (AvgIpc) is 3.11. The number of hydrogen-bond acceptors (Lipinski definition) is 3. The highest BCUT2D eigenvalue weighted by Gasteiger charge is 2.85. The van der Waals surface area contributed by atoms with Gasteiger partial charge in [0.1, 0.15) is 5.41 Å². The Morgan fingerprint density at radius 1 is 1.25 bits per heavy atom. The lowest BCUT2D eigenvalue weighted by Crippen LogP contribution is -2.62. The number of ketones is 1. The summed E-state index contributed by atoms with van der Waals surface area (Å²) in [5.74, 6) is 1.54. The molecule has 0 radical (unpaired) electrons. The fourth-order valence-electron chi connectivity index (χ4n) is 7.55. The SMILES string of the molecule is C=CC12C[C@@H]3[C@H](C)CC[C@H]3C3(C=C)CC1CC(=O)C23C(=O)OCC. The molecule has 24 heavy (non-hydrogen) atoms. The van der Waals surface area contributed by atoms with Gasteiger partial charge in [-0.05, 0) is 49.9 Å². The number of carbonyl (C=O) groups excluding carboxylic acids is 2. The van der Waals surface area contributed by atoms with Gasteiger partial charge in [0, 0.05) is 17.3 Å². The average molecular weight is 328 g/mol. The Balaban J connectivity index is 2.00. The topological polar surface area (TPSA) is 43.4 Å². The summed E-state index contributed by atoms with van der Waals surface area (Å²) >= 11 is 0. The van der Waals surface area contributed by atoms with Crippen molar-refractivity contribution >= 4 is 11.8 Å². The summed E-state index contributed by atoms with van der Waals surface area (Å²) in [4.78, 5) is 26.6. The largest absolute Gasteiger partial charge is 0.465 e. The molecule has 3 nitrogen and oxygen atoms in total. The Labute approximate surface area is 144 Å². The molecule has 3 heteroatoms. The number of ether oxygens (including phenoxy) is 1. The van der Waals surface area contributed by atoms with E-state index in [1.165, 1.54) is 6.42 Å². The summed E-state index contributed by atoms with van der Waals surface area (Å²) in [6.45, 7) is 12.7. The molecule has 4 unspecified atom stereocenters. The van der Waals surface area contributed by atoms with E-state index in [0.717, 1.165) is 19.3 Å². The second kappa shape index (κ2) is 4.83. The Kier molecular flexibility index (Phi) is 3.24. The maximum atomic E-state index is 13.3. The Hall–Kier alpha value is -1.38. The molecule has 4 bridgehead atoms. The van der Waals surface area contributed by atoms with Crippen molar-refractivity contribution in [1.82, 2.24) is 0 Å². The summed E-state index contributed by atoms with van der Waals surface area (Å²) in [5, 5.41) is 0. The van der Waals surface area contributed by atoms with Gasteiger partial charge in [-0.25, -0.2) is 0 Å². The van der Waals surface area contributed by atoms with Crippen molar-refractivity contribution < 1.29 is 14.3 Å². The zero-order chi connectivity index (χ0) is 17.3. The van der Waals surface area contributed by atoms with Gasteiger partial charge >= 0.3 is 5.97 Å². The van der Waals surface area contributed by atoms with Gasteiger partial charge in [0.25, 0.3) is 0 Å². The van der Waals surface area contributed by atoms with Crippen LogP contribution in [-0.2, 0) is 14.3 Å². The second-order valence-electron chi connectivity index (χ2n) is 8.52. The number of esters is 1. The third-order valence-electron chi connectivity index (χ3n) is 8.29. The van der Waals surface area contributed by atoms with Crippen LogP contribution in [-0.4, -0.2) is 18.4 Å².